The van der Waals surface area contributed by atoms with Gasteiger partial charge in [0.15, 0.2) is 0 Å². The lowest BCUT2D eigenvalue weighted by Crippen LogP contribution is -2.45. The van der Waals surface area contributed by atoms with Crippen molar-refractivity contribution in [3.63, 3.8) is 0 Å². The molecule has 2 aromatic heterocycles. The Hall–Kier alpha value is -2.15. The van der Waals surface area contributed by atoms with Crippen LogP contribution < -0.4 is 10.6 Å². The molecule has 0 saturated carbocycles. The molecule has 3 heterocycles. The van der Waals surface area contributed by atoms with Crippen LogP contribution in [-0.2, 0) is 7.05 Å². The van der Waals surface area contributed by atoms with E-state index in [0.717, 1.165) is 48.6 Å². The summed E-state index contributed by atoms with van der Waals surface area (Å²) in [6.45, 7) is 5.80. The average molecular weight is 302 g/mol. The Balaban J connectivity index is 1.77. The van der Waals surface area contributed by atoms with Gasteiger partial charge in [-0.15, -0.1) is 0 Å². The molecule has 22 heavy (non-hydrogen) atoms. The zero-order chi connectivity index (χ0) is 15.7. The zero-order valence-electron chi connectivity index (χ0n) is 13.2. The zero-order valence-corrected chi connectivity index (χ0v) is 13.2. The standard InChI is InChI=1S/C15H22N6O/c1-9-14(10(2)21(3)20-9)12-7-13(19-18-12)15(22)17-11-5-4-6-16-8-11/h7,11,16H,4-6,8H2,1-3H3,(H,17,22)(H,18,19). The Morgan fingerprint density at radius 2 is 2.27 bits per heavy atom. The van der Waals surface area contributed by atoms with Crippen LogP contribution in [0.2, 0.25) is 0 Å². The quantitative estimate of drug-likeness (QED) is 0.786. The fourth-order valence-corrected chi connectivity index (χ4v) is 2.95. The number of nitrogens with one attached hydrogen (secondary N) is 3. The van der Waals surface area contributed by atoms with Gasteiger partial charge in [0.25, 0.3) is 5.91 Å². The van der Waals surface area contributed by atoms with Gasteiger partial charge in [0.2, 0.25) is 0 Å². The van der Waals surface area contributed by atoms with Crippen LogP contribution in [0.5, 0.6) is 0 Å². The molecule has 7 heteroatoms. The highest BCUT2D eigenvalue weighted by molar-refractivity contribution is 5.93. The van der Waals surface area contributed by atoms with Crippen molar-refractivity contribution in [1.82, 2.24) is 30.6 Å². The highest BCUT2D eigenvalue weighted by atomic mass is 16.2. The second kappa shape index (κ2) is 5.92. The van der Waals surface area contributed by atoms with Gasteiger partial charge >= 0.3 is 0 Å². The summed E-state index contributed by atoms with van der Waals surface area (Å²) < 4.78 is 1.83. The molecule has 7 nitrogen and oxygen atoms in total. The van der Waals surface area contributed by atoms with E-state index >= 15 is 0 Å². The smallest absolute Gasteiger partial charge is 0.269 e. The van der Waals surface area contributed by atoms with Crippen molar-refractivity contribution in [3.05, 3.63) is 23.1 Å². The van der Waals surface area contributed by atoms with Gasteiger partial charge in [-0.25, -0.2) is 0 Å². The number of carbonyl (C=O) groups excluding carboxylic acids is 1. The molecular weight excluding hydrogens is 280 g/mol. The number of aromatic amines is 1. The summed E-state index contributed by atoms with van der Waals surface area (Å²) in [6, 6.07) is 1.98. The largest absolute Gasteiger partial charge is 0.347 e. The van der Waals surface area contributed by atoms with E-state index in [0.29, 0.717) is 5.69 Å². The third-order valence-corrected chi connectivity index (χ3v) is 4.22. The summed E-state index contributed by atoms with van der Waals surface area (Å²) in [5.74, 6) is -0.105. The molecule has 1 atom stereocenters. The second-order valence-electron chi connectivity index (χ2n) is 5.85. The molecule has 1 amide bonds. The molecule has 3 N–H and O–H groups in total. The number of nitrogens with zero attached hydrogens (tertiary/aromatic N) is 3. The minimum absolute atomic E-state index is 0.105. The van der Waals surface area contributed by atoms with Gasteiger partial charge in [-0.05, 0) is 39.3 Å². The first-order chi connectivity index (χ1) is 10.6. The van der Waals surface area contributed by atoms with Gasteiger partial charge in [0, 0.05) is 30.9 Å². The fraction of sp³-hybridized carbons (Fsp3) is 0.533. The maximum atomic E-state index is 12.3. The molecule has 0 aliphatic carbocycles. The molecule has 1 saturated heterocycles. The number of H-pyrrole nitrogens is 1. The Morgan fingerprint density at radius 1 is 1.45 bits per heavy atom. The Kier molecular flexibility index (Phi) is 3.98. The predicted octanol–water partition coefficient (Wildman–Crippen LogP) is 0.909. The monoisotopic (exact) mass is 302 g/mol. The van der Waals surface area contributed by atoms with Crippen molar-refractivity contribution in [1.29, 1.82) is 0 Å². The summed E-state index contributed by atoms with van der Waals surface area (Å²) in [6.07, 6.45) is 2.10. The molecule has 1 unspecified atom stereocenters. The normalized spacial score (nSPS) is 18.4. The third-order valence-electron chi connectivity index (χ3n) is 4.22. The first kappa shape index (κ1) is 14.8. The van der Waals surface area contributed by atoms with Gasteiger partial charge in [0.05, 0.1) is 11.4 Å². The van der Waals surface area contributed by atoms with Gasteiger partial charge in [0.1, 0.15) is 5.69 Å². The van der Waals surface area contributed by atoms with Crippen LogP contribution >= 0.6 is 0 Å². The molecule has 1 aliphatic heterocycles. The van der Waals surface area contributed by atoms with E-state index in [1.807, 2.05) is 25.6 Å². The SMILES string of the molecule is Cc1nn(C)c(C)c1-c1cc(C(=O)NC2CCCNC2)[nH]n1. The average Bonchev–Trinajstić information content (AvgIpc) is 3.06. The Bertz CT molecular complexity index is 680. The lowest BCUT2D eigenvalue weighted by atomic mass is 10.1. The Labute approximate surface area is 129 Å². The van der Waals surface area contributed by atoms with E-state index in [1.54, 1.807) is 6.07 Å². The van der Waals surface area contributed by atoms with E-state index in [9.17, 15) is 4.79 Å². The molecule has 118 valence electrons. The number of aryl methyl sites for hydroxylation is 2. The van der Waals surface area contributed by atoms with Gasteiger partial charge in [-0.1, -0.05) is 0 Å². The van der Waals surface area contributed by atoms with Gasteiger partial charge in [-0.3, -0.25) is 14.6 Å². The van der Waals surface area contributed by atoms with Gasteiger partial charge in [-0.2, -0.15) is 10.2 Å². The summed E-state index contributed by atoms with van der Waals surface area (Å²) in [5.41, 5.74) is 4.18. The van der Waals surface area contributed by atoms with E-state index in [-0.39, 0.29) is 11.9 Å². The topological polar surface area (TPSA) is 87.6 Å². The molecule has 0 aromatic carbocycles. The van der Waals surface area contributed by atoms with Crippen LogP contribution in [0.25, 0.3) is 11.3 Å². The van der Waals surface area contributed by atoms with Crippen molar-refractivity contribution in [2.75, 3.05) is 13.1 Å². The minimum Gasteiger partial charge on any atom is -0.347 e. The number of rotatable bonds is 3. The molecule has 1 fully saturated rings. The lowest BCUT2D eigenvalue weighted by molar-refractivity contribution is 0.0925. The van der Waals surface area contributed by atoms with Crippen LogP contribution in [0.3, 0.4) is 0 Å². The number of hydrogen-bond donors (Lipinski definition) is 3. The van der Waals surface area contributed by atoms with Crippen molar-refractivity contribution in [2.24, 2.45) is 7.05 Å². The van der Waals surface area contributed by atoms with Crippen molar-refractivity contribution in [2.45, 2.75) is 32.7 Å². The summed E-state index contributed by atoms with van der Waals surface area (Å²) in [5, 5.41) is 17.8. The van der Waals surface area contributed by atoms with Crippen LogP contribution in [0.15, 0.2) is 6.07 Å². The summed E-state index contributed by atoms with van der Waals surface area (Å²) in [7, 11) is 1.90. The first-order valence-electron chi connectivity index (χ1n) is 7.64. The van der Waals surface area contributed by atoms with Crippen LogP contribution in [-0.4, -0.2) is 45.0 Å². The first-order valence-corrected chi connectivity index (χ1v) is 7.64. The van der Waals surface area contributed by atoms with E-state index in [1.165, 1.54) is 0 Å². The summed E-state index contributed by atoms with van der Waals surface area (Å²) >= 11 is 0. The molecule has 0 radical (unpaired) electrons. The molecule has 1 aliphatic rings. The highest BCUT2D eigenvalue weighted by Crippen LogP contribution is 2.25. The lowest BCUT2D eigenvalue weighted by Gasteiger charge is -2.23. The number of carbonyl (C=O) groups is 1. The van der Waals surface area contributed by atoms with Crippen LogP contribution in [0, 0.1) is 13.8 Å². The predicted molar refractivity (Wildman–Crippen MR) is 83.6 cm³/mol. The maximum Gasteiger partial charge on any atom is 0.269 e. The van der Waals surface area contributed by atoms with Crippen molar-refractivity contribution >= 4 is 5.91 Å². The van der Waals surface area contributed by atoms with Crippen molar-refractivity contribution in [3.8, 4) is 11.3 Å². The molecule has 3 rings (SSSR count). The Morgan fingerprint density at radius 3 is 2.91 bits per heavy atom. The minimum atomic E-state index is -0.105. The molecule has 2 aromatic rings. The van der Waals surface area contributed by atoms with E-state index in [4.69, 9.17) is 0 Å². The van der Waals surface area contributed by atoms with E-state index < -0.39 is 0 Å². The fourth-order valence-electron chi connectivity index (χ4n) is 2.95. The second-order valence-corrected chi connectivity index (χ2v) is 5.85. The molecule has 0 bridgehead atoms. The van der Waals surface area contributed by atoms with Crippen LogP contribution in [0.1, 0.15) is 34.7 Å². The van der Waals surface area contributed by atoms with E-state index in [2.05, 4.69) is 25.9 Å². The maximum absolute atomic E-state index is 12.3. The summed E-state index contributed by atoms with van der Waals surface area (Å²) in [4.78, 5) is 12.3. The van der Waals surface area contributed by atoms with Crippen LogP contribution in [0.4, 0.5) is 0 Å². The van der Waals surface area contributed by atoms with Gasteiger partial charge < -0.3 is 10.6 Å². The molecular formula is C15H22N6O. The molecule has 0 spiro atoms. The highest BCUT2D eigenvalue weighted by Gasteiger charge is 2.20. The number of hydrogen-bond acceptors (Lipinski definition) is 4. The number of aromatic nitrogens is 4. The van der Waals surface area contributed by atoms with Crippen molar-refractivity contribution < 1.29 is 4.79 Å². The number of piperidine rings is 1. The third kappa shape index (κ3) is 2.76. The number of amides is 1.